The van der Waals surface area contributed by atoms with Gasteiger partial charge in [-0.1, -0.05) is 49.7 Å². The summed E-state index contributed by atoms with van der Waals surface area (Å²) in [5.41, 5.74) is 8.63. The van der Waals surface area contributed by atoms with E-state index in [-0.39, 0.29) is 12.4 Å². The fraction of sp³-hybridized carbons (Fsp3) is 0.333. The largest absolute Gasteiger partial charge is 0.326 e. The lowest BCUT2D eigenvalue weighted by molar-refractivity contribution is 0.787. The molecule has 0 aliphatic heterocycles. The first-order chi connectivity index (χ1) is 7.86. The van der Waals surface area contributed by atoms with E-state index in [9.17, 15) is 0 Å². The fourth-order valence-corrected chi connectivity index (χ4v) is 2.22. The molecule has 2 aromatic carbocycles. The zero-order chi connectivity index (χ0) is 11.4. The molecule has 2 N–H and O–H groups in total. The van der Waals surface area contributed by atoms with Crippen LogP contribution in [0.15, 0.2) is 36.4 Å². The molecular formula is C15H20ClN. The van der Waals surface area contributed by atoms with Gasteiger partial charge in [-0.25, -0.2) is 0 Å². The van der Waals surface area contributed by atoms with Crippen LogP contribution in [0, 0.1) is 0 Å². The minimum atomic E-state index is 0. The van der Waals surface area contributed by atoms with Crippen LogP contribution in [0.3, 0.4) is 0 Å². The lowest BCUT2D eigenvalue weighted by atomic mass is 9.96. The molecule has 2 aromatic rings. The number of benzene rings is 2. The molecule has 0 saturated carbocycles. The topological polar surface area (TPSA) is 26.0 Å². The molecule has 0 fully saturated rings. The maximum Gasteiger partial charge on any atom is 0.0187 e. The highest BCUT2D eigenvalue weighted by molar-refractivity contribution is 5.86. The van der Waals surface area contributed by atoms with Gasteiger partial charge in [-0.05, 0) is 34.7 Å². The lowest BCUT2D eigenvalue weighted by Crippen LogP contribution is -2.02. The first kappa shape index (κ1) is 14.0. The van der Waals surface area contributed by atoms with Gasteiger partial charge in [-0.3, -0.25) is 0 Å². The number of unbranched alkanes of at least 4 members (excludes halogenated alkanes) is 1. The number of nitrogens with two attached hydrogens (primary N) is 1. The molecule has 0 radical (unpaired) electrons. The molecule has 0 amide bonds. The molecule has 2 rings (SSSR count). The third-order valence-electron chi connectivity index (χ3n) is 3.14. The molecule has 0 aromatic heterocycles. The Labute approximate surface area is 109 Å². The van der Waals surface area contributed by atoms with E-state index in [1.165, 1.54) is 34.7 Å². The van der Waals surface area contributed by atoms with Crippen molar-refractivity contribution in [2.45, 2.75) is 32.7 Å². The van der Waals surface area contributed by atoms with Crippen LogP contribution < -0.4 is 5.73 Å². The summed E-state index contributed by atoms with van der Waals surface area (Å²) in [5.74, 6) is 0. The molecule has 0 aliphatic rings. The molecule has 2 heteroatoms. The summed E-state index contributed by atoms with van der Waals surface area (Å²) >= 11 is 0. The van der Waals surface area contributed by atoms with Crippen molar-refractivity contribution in [3.63, 3.8) is 0 Å². The van der Waals surface area contributed by atoms with Crippen LogP contribution >= 0.6 is 12.4 Å². The van der Waals surface area contributed by atoms with Gasteiger partial charge in [-0.2, -0.15) is 0 Å². The molecule has 0 atom stereocenters. The minimum absolute atomic E-state index is 0. The van der Waals surface area contributed by atoms with E-state index in [4.69, 9.17) is 5.73 Å². The van der Waals surface area contributed by atoms with Gasteiger partial charge < -0.3 is 5.73 Å². The second kappa shape index (κ2) is 6.63. The molecule has 92 valence electrons. The van der Waals surface area contributed by atoms with Gasteiger partial charge in [0.25, 0.3) is 0 Å². The van der Waals surface area contributed by atoms with Crippen molar-refractivity contribution >= 4 is 23.2 Å². The van der Waals surface area contributed by atoms with Crippen molar-refractivity contribution in [2.24, 2.45) is 5.73 Å². The quantitative estimate of drug-likeness (QED) is 0.869. The van der Waals surface area contributed by atoms with Crippen LogP contribution in [0.1, 0.15) is 30.9 Å². The smallest absolute Gasteiger partial charge is 0.0187 e. The van der Waals surface area contributed by atoms with Gasteiger partial charge >= 0.3 is 0 Å². The summed E-state index contributed by atoms with van der Waals surface area (Å²) < 4.78 is 0. The Balaban J connectivity index is 0.00000144. The molecule has 0 unspecified atom stereocenters. The number of rotatable bonds is 4. The standard InChI is InChI=1S/C15H19N.ClH/c1-2-3-6-13-10-9-12-7-4-5-8-14(12)15(13)11-16;/h4-5,7-10H,2-3,6,11,16H2,1H3;1H. The number of hydrogen-bond donors (Lipinski definition) is 1. The summed E-state index contributed by atoms with van der Waals surface area (Å²) in [5, 5.41) is 2.61. The van der Waals surface area contributed by atoms with Gasteiger partial charge in [0.2, 0.25) is 0 Å². The van der Waals surface area contributed by atoms with Crippen molar-refractivity contribution in [2.75, 3.05) is 0 Å². The number of halogens is 1. The van der Waals surface area contributed by atoms with Crippen LogP contribution in [-0.2, 0) is 13.0 Å². The van der Waals surface area contributed by atoms with Gasteiger partial charge in [0.15, 0.2) is 0 Å². The van der Waals surface area contributed by atoms with Crippen molar-refractivity contribution < 1.29 is 0 Å². The van der Waals surface area contributed by atoms with E-state index >= 15 is 0 Å². The van der Waals surface area contributed by atoms with Crippen LogP contribution in [0.2, 0.25) is 0 Å². The summed E-state index contributed by atoms with van der Waals surface area (Å²) in [6.07, 6.45) is 3.62. The van der Waals surface area contributed by atoms with Crippen LogP contribution in [0.4, 0.5) is 0 Å². The summed E-state index contributed by atoms with van der Waals surface area (Å²) in [4.78, 5) is 0. The second-order valence-electron chi connectivity index (χ2n) is 4.23. The van der Waals surface area contributed by atoms with Crippen LogP contribution in [0.5, 0.6) is 0 Å². The predicted octanol–water partition coefficient (Wildman–Crippen LogP) is 4.06. The highest BCUT2D eigenvalue weighted by Gasteiger charge is 2.05. The van der Waals surface area contributed by atoms with Crippen molar-refractivity contribution in [1.29, 1.82) is 0 Å². The molecule has 0 heterocycles. The maximum atomic E-state index is 5.89. The molecule has 17 heavy (non-hydrogen) atoms. The van der Waals surface area contributed by atoms with Crippen molar-refractivity contribution in [3.05, 3.63) is 47.5 Å². The molecule has 0 bridgehead atoms. The Hall–Kier alpha value is -1.05. The van der Waals surface area contributed by atoms with Crippen molar-refractivity contribution in [3.8, 4) is 0 Å². The summed E-state index contributed by atoms with van der Waals surface area (Å²) in [6.45, 7) is 2.86. The third kappa shape index (κ3) is 2.99. The Bertz CT molecular complexity index is 479. The van der Waals surface area contributed by atoms with Gasteiger partial charge in [0.05, 0.1) is 0 Å². The van der Waals surface area contributed by atoms with E-state index in [2.05, 4.69) is 43.3 Å². The van der Waals surface area contributed by atoms with E-state index < -0.39 is 0 Å². The minimum Gasteiger partial charge on any atom is -0.326 e. The highest BCUT2D eigenvalue weighted by atomic mass is 35.5. The SMILES string of the molecule is CCCCc1ccc2ccccc2c1CN.Cl. The second-order valence-corrected chi connectivity index (χ2v) is 4.23. The lowest BCUT2D eigenvalue weighted by Gasteiger charge is -2.11. The molecule has 0 spiro atoms. The number of fused-ring (bicyclic) bond motifs is 1. The van der Waals surface area contributed by atoms with Gasteiger partial charge in [0.1, 0.15) is 0 Å². The highest BCUT2D eigenvalue weighted by Crippen LogP contribution is 2.23. The molecule has 0 aliphatic carbocycles. The Morgan fingerprint density at radius 3 is 2.53 bits per heavy atom. The van der Waals surface area contributed by atoms with E-state index in [1.54, 1.807) is 0 Å². The average Bonchev–Trinajstić information content (AvgIpc) is 2.35. The summed E-state index contributed by atoms with van der Waals surface area (Å²) in [7, 11) is 0. The van der Waals surface area contributed by atoms with Gasteiger partial charge in [-0.15, -0.1) is 12.4 Å². The number of aryl methyl sites for hydroxylation is 1. The Kier molecular flexibility index (Phi) is 5.46. The Morgan fingerprint density at radius 2 is 1.82 bits per heavy atom. The van der Waals surface area contributed by atoms with Gasteiger partial charge in [0, 0.05) is 6.54 Å². The molecular weight excluding hydrogens is 230 g/mol. The first-order valence-corrected chi connectivity index (χ1v) is 6.06. The fourth-order valence-electron chi connectivity index (χ4n) is 2.22. The van der Waals surface area contributed by atoms with Crippen molar-refractivity contribution in [1.82, 2.24) is 0 Å². The van der Waals surface area contributed by atoms with E-state index in [1.807, 2.05) is 0 Å². The third-order valence-corrected chi connectivity index (χ3v) is 3.14. The zero-order valence-corrected chi connectivity index (χ0v) is 11.1. The first-order valence-electron chi connectivity index (χ1n) is 6.06. The normalized spacial score (nSPS) is 10.2. The summed E-state index contributed by atoms with van der Waals surface area (Å²) in [6, 6.07) is 12.9. The maximum absolute atomic E-state index is 5.89. The molecule has 0 saturated heterocycles. The van der Waals surface area contributed by atoms with Crippen LogP contribution in [-0.4, -0.2) is 0 Å². The number of hydrogen-bond acceptors (Lipinski definition) is 1. The monoisotopic (exact) mass is 249 g/mol. The van der Waals surface area contributed by atoms with E-state index in [0.717, 1.165) is 6.42 Å². The average molecular weight is 250 g/mol. The van der Waals surface area contributed by atoms with E-state index in [0.29, 0.717) is 6.54 Å². The molecule has 1 nitrogen and oxygen atoms in total. The predicted molar refractivity (Wildman–Crippen MR) is 77.7 cm³/mol. The van der Waals surface area contributed by atoms with Crippen LogP contribution in [0.25, 0.3) is 10.8 Å². The Morgan fingerprint density at radius 1 is 1.06 bits per heavy atom. The zero-order valence-electron chi connectivity index (χ0n) is 10.3.